The Morgan fingerprint density at radius 3 is 2.85 bits per heavy atom. The average Bonchev–Trinajstić information content (AvgIpc) is 3.06. The Morgan fingerprint density at radius 1 is 1.25 bits per heavy atom. The number of fused-ring (bicyclic) bond motifs is 1. The fraction of sp³-hybridized carbons (Fsp3) is 0.400. The molecule has 3 rings (SSSR count). The van der Waals surface area contributed by atoms with E-state index in [9.17, 15) is 0 Å². The van der Waals surface area contributed by atoms with Crippen LogP contribution in [-0.4, -0.2) is 11.8 Å². The fourth-order valence-electron chi connectivity index (χ4n) is 2.25. The van der Waals surface area contributed by atoms with Gasteiger partial charge in [0.2, 0.25) is 12.7 Å². The summed E-state index contributed by atoms with van der Waals surface area (Å²) in [6.07, 6.45) is 2.55. The molecule has 0 aliphatic carbocycles. The average molecular weight is 274 g/mol. The summed E-state index contributed by atoms with van der Waals surface area (Å²) in [6, 6.07) is 5.51. The van der Waals surface area contributed by atoms with E-state index in [0.29, 0.717) is 17.6 Å². The highest BCUT2D eigenvalue weighted by Gasteiger charge is 2.18. The molecule has 1 unspecified atom stereocenters. The Morgan fingerprint density at radius 2 is 2.05 bits per heavy atom. The third-order valence-electron chi connectivity index (χ3n) is 3.22. The van der Waals surface area contributed by atoms with Crippen molar-refractivity contribution in [1.82, 2.24) is 4.98 Å². The lowest BCUT2D eigenvalue weighted by Crippen LogP contribution is -2.13. The van der Waals surface area contributed by atoms with Crippen molar-refractivity contribution in [3.8, 4) is 22.8 Å². The first-order chi connectivity index (χ1) is 9.63. The number of ether oxygens (including phenoxy) is 2. The Bertz CT molecular complexity index is 607. The molecule has 0 saturated heterocycles. The molecule has 0 fully saturated rings. The van der Waals surface area contributed by atoms with Gasteiger partial charge in [-0.3, -0.25) is 0 Å². The highest BCUT2D eigenvalue weighted by atomic mass is 16.7. The number of oxazole rings is 1. The van der Waals surface area contributed by atoms with E-state index in [0.717, 1.165) is 23.5 Å². The molecule has 0 bridgehead atoms. The molecule has 1 aliphatic heterocycles. The van der Waals surface area contributed by atoms with E-state index in [2.05, 4.69) is 18.8 Å². The molecule has 1 atom stereocenters. The van der Waals surface area contributed by atoms with Crippen LogP contribution in [0.2, 0.25) is 0 Å². The number of nitrogens with two attached hydrogens (primary N) is 1. The van der Waals surface area contributed by atoms with Crippen molar-refractivity contribution in [2.45, 2.75) is 26.3 Å². The SMILES string of the molecule is CC(C)CC(N)c1ncc(-c2ccc3c(c2)OCO3)o1. The first-order valence-electron chi connectivity index (χ1n) is 6.75. The molecular weight excluding hydrogens is 256 g/mol. The van der Waals surface area contributed by atoms with Crippen molar-refractivity contribution in [2.24, 2.45) is 11.7 Å². The molecule has 20 heavy (non-hydrogen) atoms. The van der Waals surface area contributed by atoms with Crippen LogP contribution in [0, 0.1) is 5.92 Å². The van der Waals surface area contributed by atoms with E-state index in [1.807, 2.05) is 18.2 Å². The van der Waals surface area contributed by atoms with Gasteiger partial charge in [0.15, 0.2) is 17.3 Å². The predicted octanol–water partition coefficient (Wildman–Crippen LogP) is 3.12. The number of nitrogens with zero attached hydrogens (tertiary/aromatic N) is 1. The van der Waals surface area contributed by atoms with Crippen molar-refractivity contribution < 1.29 is 13.9 Å². The van der Waals surface area contributed by atoms with E-state index < -0.39 is 0 Å². The van der Waals surface area contributed by atoms with Crippen molar-refractivity contribution in [3.63, 3.8) is 0 Å². The smallest absolute Gasteiger partial charge is 0.231 e. The minimum Gasteiger partial charge on any atom is -0.454 e. The minimum atomic E-state index is -0.169. The third kappa shape index (κ3) is 2.49. The van der Waals surface area contributed by atoms with E-state index >= 15 is 0 Å². The molecule has 1 aliphatic rings. The summed E-state index contributed by atoms with van der Waals surface area (Å²) < 4.78 is 16.4. The normalized spacial score (nSPS) is 14.8. The van der Waals surface area contributed by atoms with Crippen LogP contribution in [0.5, 0.6) is 11.5 Å². The lowest BCUT2D eigenvalue weighted by molar-refractivity contribution is 0.174. The number of benzene rings is 1. The van der Waals surface area contributed by atoms with Crippen LogP contribution in [0.3, 0.4) is 0 Å². The van der Waals surface area contributed by atoms with Crippen LogP contribution < -0.4 is 15.2 Å². The Balaban J connectivity index is 1.83. The summed E-state index contributed by atoms with van der Waals surface area (Å²) in [6.45, 7) is 4.52. The zero-order valence-corrected chi connectivity index (χ0v) is 11.6. The number of rotatable bonds is 4. The third-order valence-corrected chi connectivity index (χ3v) is 3.22. The molecule has 5 heteroatoms. The number of aromatic nitrogens is 1. The molecule has 0 spiro atoms. The monoisotopic (exact) mass is 274 g/mol. The van der Waals surface area contributed by atoms with Crippen LogP contribution in [0.1, 0.15) is 32.2 Å². The van der Waals surface area contributed by atoms with Gasteiger partial charge in [0, 0.05) is 5.56 Å². The molecule has 1 aromatic carbocycles. The molecule has 1 aromatic heterocycles. The van der Waals surface area contributed by atoms with Gasteiger partial charge in [-0.05, 0) is 30.5 Å². The quantitative estimate of drug-likeness (QED) is 0.927. The van der Waals surface area contributed by atoms with E-state index in [4.69, 9.17) is 19.6 Å². The summed E-state index contributed by atoms with van der Waals surface area (Å²) in [7, 11) is 0. The van der Waals surface area contributed by atoms with Crippen molar-refractivity contribution in [1.29, 1.82) is 0 Å². The van der Waals surface area contributed by atoms with Gasteiger partial charge in [0.25, 0.3) is 0 Å². The summed E-state index contributed by atoms with van der Waals surface area (Å²) in [5.41, 5.74) is 6.98. The summed E-state index contributed by atoms with van der Waals surface area (Å²) in [5, 5.41) is 0. The standard InChI is InChI=1S/C15H18N2O3/c1-9(2)5-11(16)15-17-7-14(20-15)10-3-4-12-13(6-10)19-8-18-12/h3-4,6-7,9,11H,5,8,16H2,1-2H3. The highest BCUT2D eigenvalue weighted by Crippen LogP contribution is 2.36. The Hall–Kier alpha value is -2.01. The lowest BCUT2D eigenvalue weighted by Gasteiger charge is -2.09. The van der Waals surface area contributed by atoms with Crippen LogP contribution in [0.15, 0.2) is 28.8 Å². The van der Waals surface area contributed by atoms with E-state index in [-0.39, 0.29) is 12.8 Å². The first kappa shape index (κ1) is 13.0. The van der Waals surface area contributed by atoms with Gasteiger partial charge >= 0.3 is 0 Å². The molecule has 2 N–H and O–H groups in total. The molecule has 0 amide bonds. The largest absolute Gasteiger partial charge is 0.454 e. The maximum absolute atomic E-state index is 6.08. The van der Waals surface area contributed by atoms with Crippen molar-refractivity contribution >= 4 is 0 Å². The van der Waals surface area contributed by atoms with Crippen LogP contribution >= 0.6 is 0 Å². The summed E-state index contributed by atoms with van der Waals surface area (Å²) in [4.78, 5) is 4.28. The zero-order valence-electron chi connectivity index (χ0n) is 11.6. The maximum atomic E-state index is 6.08. The van der Waals surface area contributed by atoms with Gasteiger partial charge in [-0.15, -0.1) is 0 Å². The molecular formula is C15H18N2O3. The molecule has 2 heterocycles. The Labute approximate surface area is 117 Å². The second-order valence-corrected chi connectivity index (χ2v) is 5.37. The second-order valence-electron chi connectivity index (χ2n) is 5.37. The predicted molar refractivity (Wildman–Crippen MR) is 74.4 cm³/mol. The molecule has 2 aromatic rings. The van der Waals surface area contributed by atoms with Crippen LogP contribution in [-0.2, 0) is 0 Å². The summed E-state index contributed by atoms with van der Waals surface area (Å²) in [5.74, 6) is 3.26. The van der Waals surface area contributed by atoms with Gasteiger partial charge in [0.05, 0.1) is 12.2 Å². The van der Waals surface area contributed by atoms with Crippen LogP contribution in [0.25, 0.3) is 11.3 Å². The second kappa shape index (κ2) is 5.17. The highest BCUT2D eigenvalue weighted by molar-refractivity contribution is 5.62. The number of hydrogen-bond donors (Lipinski definition) is 1. The topological polar surface area (TPSA) is 70.5 Å². The fourth-order valence-corrected chi connectivity index (χ4v) is 2.25. The molecule has 0 radical (unpaired) electrons. The van der Waals surface area contributed by atoms with Crippen LogP contribution in [0.4, 0.5) is 0 Å². The first-order valence-corrected chi connectivity index (χ1v) is 6.75. The minimum absolute atomic E-state index is 0.169. The van der Waals surface area contributed by atoms with Gasteiger partial charge in [-0.2, -0.15) is 0 Å². The van der Waals surface area contributed by atoms with Gasteiger partial charge < -0.3 is 19.6 Å². The van der Waals surface area contributed by atoms with E-state index in [1.165, 1.54) is 0 Å². The van der Waals surface area contributed by atoms with Crippen molar-refractivity contribution in [3.05, 3.63) is 30.3 Å². The molecule has 0 saturated carbocycles. The van der Waals surface area contributed by atoms with E-state index in [1.54, 1.807) is 6.20 Å². The molecule has 106 valence electrons. The van der Waals surface area contributed by atoms with Gasteiger partial charge in [-0.25, -0.2) is 4.98 Å². The van der Waals surface area contributed by atoms with Gasteiger partial charge in [-0.1, -0.05) is 13.8 Å². The number of hydrogen-bond acceptors (Lipinski definition) is 5. The van der Waals surface area contributed by atoms with Gasteiger partial charge in [0.1, 0.15) is 0 Å². The zero-order chi connectivity index (χ0) is 14.1. The molecule has 5 nitrogen and oxygen atoms in total. The van der Waals surface area contributed by atoms with Crippen molar-refractivity contribution in [2.75, 3.05) is 6.79 Å². The lowest BCUT2D eigenvalue weighted by atomic mass is 10.0. The Kier molecular flexibility index (Phi) is 3.36. The maximum Gasteiger partial charge on any atom is 0.231 e. The summed E-state index contributed by atoms with van der Waals surface area (Å²) >= 11 is 0.